The fourth-order valence-corrected chi connectivity index (χ4v) is 2.34. The Hall–Kier alpha value is -0.610. The van der Waals surface area contributed by atoms with E-state index in [4.69, 9.17) is 4.74 Å². The van der Waals surface area contributed by atoms with Gasteiger partial charge in [-0.05, 0) is 47.1 Å². The van der Waals surface area contributed by atoms with Gasteiger partial charge in [0.25, 0.3) is 0 Å². The highest BCUT2D eigenvalue weighted by atomic mass is 16.5. The largest absolute Gasteiger partial charge is 0.465 e. The predicted molar refractivity (Wildman–Crippen MR) is 73.6 cm³/mol. The van der Waals surface area contributed by atoms with Crippen LogP contribution >= 0.6 is 0 Å². The summed E-state index contributed by atoms with van der Waals surface area (Å²) in [6.07, 6.45) is 3.26. The van der Waals surface area contributed by atoms with Crippen molar-refractivity contribution in [1.29, 1.82) is 0 Å². The van der Waals surface area contributed by atoms with E-state index in [9.17, 15) is 4.79 Å². The molecule has 0 aromatic carbocycles. The number of likely N-dealkylation sites (tertiary alicyclic amines) is 1. The topological polar surface area (TPSA) is 41.6 Å². The Morgan fingerprint density at radius 3 is 2.72 bits per heavy atom. The maximum atomic E-state index is 11.9. The number of carbonyl (C=O) groups excluding carboxylic acids is 1. The molecule has 1 aliphatic heterocycles. The van der Waals surface area contributed by atoms with Crippen LogP contribution in [-0.4, -0.2) is 48.7 Å². The van der Waals surface area contributed by atoms with Gasteiger partial charge in [-0.2, -0.15) is 0 Å². The molecule has 1 rings (SSSR count). The molecule has 1 heterocycles. The summed E-state index contributed by atoms with van der Waals surface area (Å²) < 4.78 is 5.16. The molecule has 1 aliphatic rings. The number of nitrogens with zero attached hydrogens (tertiary/aromatic N) is 1. The molecule has 4 nitrogen and oxygen atoms in total. The van der Waals surface area contributed by atoms with Crippen LogP contribution in [0.15, 0.2) is 0 Å². The molecule has 1 atom stereocenters. The Kier molecular flexibility index (Phi) is 6.09. The van der Waals surface area contributed by atoms with Crippen molar-refractivity contribution < 1.29 is 9.53 Å². The van der Waals surface area contributed by atoms with Gasteiger partial charge in [0.05, 0.1) is 6.61 Å². The molecule has 0 amide bonds. The average Bonchev–Trinajstić information content (AvgIpc) is 2.28. The highest BCUT2D eigenvalue weighted by Gasteiger charge is 2.29. The predicted octanol–water partition coefficient (Wildman–Crippen LogP) is 1.79. The second-order valence-corrected chi connectivity index (χ2v) is 5.98. The number of piperidine rings is 1. The van der Waals surface area contributed by atoms with Crippen LogP contribution in [0.1, 0.15) is 47.0 Å². The lowest BCUT2D eigenvalue weighted by Crippen LogP contribution is -2.49. The summed E-state index contributed by atoms with van der Waals surface area (Å²) in [5, 5.41) is 3.47. The number of hydrogen-bond acceptors (Lipinski definition) is 4. The molecule has 0 aromatic heterocycles. The normalized spacial score (nSPS) is 21.9. The Labute approximate surface area is 111 Å². The fourth-order valence-electron chi connectivity index (χ4n) is 2.34. The van der Waals surface area contributed by atoms with E-state index >= 15 is 0 Å². The average molecular weight is 256 g/mol. The van der Waals surface area contributed by atoms with Crippen LogP contribution in [0.25, 0.3) is 0 Å². The molecule has 106 valence electrons. The third-order valence-electron chi connectivity index (χ3n) is 3.23. The van der Waals surface area contributed by atoms with Gasteiger partial charge >= 0.3 is 5.97 Å². The van der Waals surface area contributed by atoms with E-state index in [1.807, 2.05) is 6.92 Å². The first kappa shape index (κ1) is 15.4. The number of nitrogens with one attached hydrogen (secondary N) is 1. The van der Waals surface area contributed by atoms with Crippen LogP contribution < -0.4 is 5.32 Å². The van der Waals surface area contributed by atoms with Crippen molar-refractivity contribution in [3.63, 3.8) is 0 Å². The van der Waals surface area contributed by atoms with Gasteiger partial charge < -0.3 is 10.1 Å². The van der Waals surface area contributed by atoms with E-state index in [0.29, 0.717) is 6.61 Å². The number of carbonyl (C=O) groups is 1. The van der Waals surface area contributed by atoms with Crippen molar-refractivity contribution in [2.45, 2.75) is 58.5 Å². The summed E-state index contributed by atoms with van der Waals surface area (Å²) in [6, 6.07) is -0.0273. The van der Waals surface area contributed by atoms with E-state index in [-0.39, 0.29) is 17.6 Å². The van der Waals surface area contributed by atoms with Crippen LogP contribution in [0.2, 0.25) is 0 Å². The zero-order chi connectivity index (χ0) is 13.6. The lowest BCUT2D eigenvalue weighted by atomic mass is 10.0. The summed E-state index contributed by atoms with van der Waals surface area (Å²) >= 11 is 0. The van der Waals surface area contributed by atoms with Crippen LogP contribution in [0, 0.1) is 0 Å². The summed E-state index contributed by atoms with van der Waals surface area (Å²) in [7, 11) is 0. The number of ether oxygens (including phenoxy) is 1. The lowest BCUT2D eigenvalue weighted by molar-refractivity contribution is -0.150. The molecule has 0 aliphatic carbocycles. The first-order valence-corrected chi connectivity index (χ1v) is 7.10. The van der Waals surface area contributed by atoms with Gasteiger partial charge in [0.15, 0.2) is 0 Å². The van der Waals surface area contributed by atoms with E-state index in [2.05, 4.69) is 31.0 Å². The van der Waals surface area contributed by atoms with Crippen LogP contribution in [0.4, 0.5) is 0 Å². The van der Waals surface area contributed by atoms with Crippen LogP contribution in [0.3, 0.4) is 0 Å². The SMILES string of the molecule is CCOC(=O)C1CCCCN1CCNC(C)(C)C. The Bertz CT molecular complexity index is 261. The molecule has 4 heteroatoms. The van der Waals surface area contributed by atoms with Gasteiger partial charge in [0.1, 0.15) is 6.04 Å². The van der Waals surface area contributed by atoms with Crippen LogP contribution in [0.5, 0.6) is 0 Å². The summed E-state index contributed by atoms with van der Waals surface area (Å²) in [5.41, 5.74) is 0.134. The molecule has 0 spiro atoms. The highest BCUT2D eigenvalue weighted by Crippen LogP contribution is 2.17. The Morgan fingerprint density at radius 2 is 2.11 bits per heavy atom. The van der Waals surface area contributed by atoms with Crippen molar-refractivity contribution in [1.82, 2.24) is 10.2 Å². The van der Waals surface area contributed by atoms with Gasteiger partial charge in [0.2, 0.25) is 0 Å². The number of esters is 1. The summed E-state index contributed by atoms with van der Waals surface area (Å²) in [6.45, 7) is 11.7. The minimum Gasteiger partial charge on any atom is -0.465 e. The minimum atomic E-state index is -0.0482. The zero-order valence-electron chi connectivity index (χ0n) is 12.3. The molecule has 0 radical (unpaired) electrons. The maximum Gasteiger partial charge on any atom is 0.323 e. The van der Waals surface area contributed by atoms with Crippen molar-refractivity contribution in [2.24, 2.45) is 0 Å². The van der Waals surface area contributed by atoms with E-state index in [0.717, 1.165) is 32.5 Å². The van der Waals surface area contributed by atoms with Gasteiger partial charge in [-0.1, -0.05) is 6.42 Å². The van der Waals surface area contributed by atoms with Crippen molar-refractivity contribution in [3.8, 4) is 0 Å². The molecule has 1 unspecified atom stereocenters. The van der Waals surface area contributed by atoms with Crippen LogP contribution in [-0.2, 0) is 9.53 Å². The van der Waals surface area contributed by atoms with Crippen molar-refractivity contribution in [2.75, 3.05) is 26.2 Å². The zero-order valence-corrected chi connectivity index (χ0v) is 12.3. The summed E-state index contributed by atoms with van der Waals surface area (Å²) in [5.74, 6) is -0.0482. The van der Waals surface area contributed by atoms with E-state index in [1.54, 1.807) is 0 Å². The van der Waals surface area contributed by atoms with E-state index in [1.165, 1.54) is 6.42 Å². The Balaban J connectivity index is 2.42. The lowest BCUT2D eigenvalue weighted by Gasteiger charge is -2.34. The van der Waals surface area contributed by atoms with Gasteiger partial charge in [-0.15, -0.1) is 0 Å². The standard InChI is InChI=1S/C14H28N2O2/c1-5-18-13(17)12-8-6-7-10-16(12)11-9-15-14(2,3)4/h12,15H,5-11H2,1-4H3. The monoisotopic (exact) mass is 256 g/mol. The van der Waals surface area contributed by atoms with Gasteiger partial charge in [-0.3, -0.25) is 9.69 Å². The summed E-state index contributed by atoms with van der Waals surface area (Å²) in [4.78, 5) is 14.1. The first-order valence-electron chi connectivity index (χ1n) is 7.10. The molecule has 0 bridgehead atoms. The molecule has 0 saturated carbocycles. The van der Waals surface area contributed by atoms with E-state index < -0.39 is 0 Å². The molecule has 18 heavy (non-hydrogen) atoms. The highest BCUT2D eigenvalue weighted by molar-refractivity contribution is 5.75. The van der Waals surface area contributed by atoms with Gasteiger partial charge in [-0.25, -0.2) is 0 Å². The van der Waals surface area contributed by atoms with Gasteiger partial charge in [0, 0.05) is 18.6 Å². The molecular formula is C14H28N2O2. The van der Waals surface area contributed by atoms with Crippen molar-refractivity contribution in [3.05, 3.63) is 0 Å². The second-order valence-electron chi connectivity index (χ2n) is 5.98. The molecule has 1 N–H and O–H groups in total. The third-order valence-corrected chi connectivity index (χ3v) is 3.23. The Morgan fingerprint density at radius 1 is 1.39 bits per heavy atom. The number of hydrogen-bond donors (Lipinski definition) is 1. The second kappa shape index (κ2) is 7.10. The maximum absolute atomic E-state index is 11.9. The first-order chi connectivity index (χ1) is 8.44. The smallest absolute Gasteiger partial charge is 0.323 e. The molecule has 0 aromatic rings. The number of rotatable bonds is 5. The quantitative estimate of drug-likeness (QED) is 0.762. The minimum absolute atomic E-state index is 0.0273. The molecular weight excluding hydrogens is 228 g/mol. The molecule has 1 saturated heterocycles. The van der Waals surface area contributed by atoms with Crippen molar-refractivity contribution >= 4 is 5.97 Å². The molecule has 1 fully saturated rings. The fraction of sp³-hybridized carbons (Fsp3) is 0.929. The third kappa shape index (κ3) is 5.36.